The highest BCUT2D eigenvalue weighted by molar-refractivity contribution is 6.31. The van der Waals surface area contributed by atoms with Crippen LogP contribution < -0.4 is 5.43 Å². The van der Waals surface area contributed by atoms with Crippen molar-refractivity contribution in [3.63, 3.8) is 0 Å². The molecule has 0 atom stereocenters. The maximum atomic E-state index is 13.4. The molecule has 20 heavy (non-hydrogen) atoms. The highest BCUT2D eigenvalue weighted by atomic mass is 35.5. The van der Waals surface area contributed by atoms with Gasteiger partial charge >= 0.3 is 0 Å². The van der Waals surface area contributed by atoms with Crippen LogP contribution in [-0.2, 0) is 0 Å². The van der Waals surface area contributed by atoms with Gasteiger partial charge in [0.2, 0.25) is 0 Å². The van der Waals surface area contributed by atoms with Crippen LogP contribution in [0.1, 0.15) is 0 Å². The van der Waals surface area contributed by atoms with Crippen molar-refractivity contribution in [3.8, 4) is 0 Å². The van der Waals surface area contributed by atoms with Crippen molar-refractivity contribution in [2.24, 2.45) is 0 Å². The van der Waals surface area contributed by atoms with Crippen LogP contribution in [0.4, 0.5) is 4.39 Å². The second kappa shape index (κ2) is 4.64. The standard InChI is InChI=1S/C16H9ClFNO/c1-2-7-19-14-6-4-11(18)9-13(14)16(20)12-5-3-10(17)8-15(12)19/h3-9H,1H2. The Balaban J connectivity index is 2.68. The van der Waals surface area contributed by atoms with Crippen LogP contribution >= 0.6 is 11.6 Å². The zero-order chi connectivity index (χ0) is 14.3. The number of fused-ring (bicyclic) bond motifs is 2. The van der Waals surface area contributed by atoms with E-state index in [-0.39, 0.29) is 5.43 Å². The largest absolute Gasteiger partial charge is 0.308 e. The van der Waals surface area contributed by atoms with E-state index in [0.29, 0.717) is 26.8 Å². The van der Waals surface area contributed by atoms with Crippen LogP contribution in [0.5, 0.6) is 0 Å². The fourth-order valence-electron chi connectivity index (χ4n) is 2.30. The molecule has 0 radical (unpaired) electrons. The molecule has 0 bridgehead atoms. The lowest BCUT2D eigenvalue weighted by molar-refractivity contribution is 0.629. The Kier molecular flexibility index (Phi) is 2.94. The number of hydrogen-bond acceptors (Lipinski definition) is 1. The molecule has 1 heterocycles. The smallest absolute Gasteiger partial charge is 0.197 e. The first kappa shape index (κ1) is 12.7. The van der Waals surface area contributed by atoms with E-state index in [2.05, 4.69) is 12.3 Å². The van der Waals surface area contributed by atoms with Crippen LogP contribution in [0.2, 0.25) is 5.02 Å². The minimum absolute atomic E-state index is 0.222. The van der Waals surface area contributed by atoms with Gasteiger partial charge < -0.3 is 4.57 Å². The Bertz CT molecular complexity index is 952. The zero-order valence-corrected chi connectivity index (χ0v) is 11.1. The number of rotatable bonds is 1. The van der Waals surface area contributed by atoms with Crippen molar-refractivity contribution >= 4 is 39.6 Å². The van der Waals surface area contributed by atoms with E-state index in [1.165, 1.54) is 12.1 Å². The van der Waals surface area contributed by atoms with Gasteiger partial charge in [0.1, 0.15) is 5.82 Å². The van der Waals surface area contributed by atoms with Gasteiger partial charge in [-0.1, -0.05) is 18.2 Å². The summed E-state index contributed by atoms with van der Waals surface area (Å²) in [5.74, 6) is -0.447. The van der Waals surface area contributed by atoms with Crippen LogP contribution in [0.15, 0.2) is 53.5 Å². The van der Waals surface area contributed by atoms with Crippen molar-refractivity contribution < 1.29 is 4.39 Å². The summed E-state index contributed by atoms with van der Waals surface area (Å²) in [6, 6.07) is 9.07. The van der Waals surface area contributed by atoms with Gasteiger partial charge in [0.25, 0.3) is 0 Å². The first-order valence-corrected chi connectivity index (χ1v) is 6.28. The Morgan fingerprint density at radius 3 is 2.70 bits per heavy atom. The number of aromatic nitrogens is 1. The maximum absolute atomic E-state index is 13.4. The second-order valence-electron chi connectivity index (χ2n) is 4.36. The maximum Gasteiger partial charge on any atom is 0.197 e. The van der Waals surface area contributed by atoms with Crippen molar-refractivity contribution in [2.45, 2.75) is 0 Å². The van der Waals surface area contributed by atoms with Crippen molar-refractivity contribution in [2.75, 3.05) is 0 Å². The Morgan fingerprint density at radius 1 is 1.15 bits per heavy atom. The molecule has 1 aromatic heterocycles. The molecule has 0 amide bonds. The van der Waals surface area contributed by atoms with Gasteiger partial charge in [-0.2, -0.15) is 0 Å². The van der Waals surface area contributed by atoms with Crippen molar-refractivity contribution in [3.05, 3.63) is 69.8 Å². The topological polar surface area (TPSA) is 22.0 Å². The Hall–Kier alpha value is -2.35. The molecule has 0 saturated carbocycles. The molecule has 3 rings (SSSR count). The van der Waals surface area contributed by atoms with Gasteiger partial charge in [0, 0.05) is 15.8 Å². The molecule has 0 aliphatic heterocycles. The summed E-state index contributed by atoms with van der Waals surface area (Å²) in [7, 11) is 0. The van der Waals surface area contributed by atoms with Crippen LogP contribution in [0.25, 0.3) is 28.0 Å². The average molecular weight is 286 g/mol. The molecule has 98 valence electrons. The molecule has 2 aromatic carbocycles. The van der Waals surface area contributed by atoms with Gasteiger partial charge in [0.15, 0.2) is 5.43 Å². The summed E-state index contributed by atoms with van der Waals surface area (Å²) in [6.07, 6.45) is 1.60. The lowest BCUT2D eigenvalue weighted by Crippen LogP contribution is -2.08. The normalized spacial score (nSPS) is 10.7. The highest BCUT2D eigenvalue weighted by Crippen LogP contribution is 2.23. The van der Waals surface area contributed by atoms with E-state index >= 15 is 0 Å². The third-order valence-electron chi connectivity index (χ3n) is 3.15. The molecule has 0 spiro atoms. The quantitative estimate of drug-likeness (QED) is 0.485. The Morgan fingerprint density at radius 2 is 1.95 bits per heavy atom. The van der Waals surface area contributed by atoms with E-state index in [1.807, 2.05) is 0 Å². The van der Waals surface area contributed by atoms with Gasteiger partial charge in [-0.25, -0.2) is 4.39 Å². The number of nitrogens with zero attached hydrogens (tertiary/aromatic N) is 1. The number of benzene rings is 2. The van der Waals surface area contributed by atoms with Gasteiger partial charge in [-0.15, -0.1) is 5.73 Å². The molecule has 0 unspecified atom stereocenters. The minimum atomic E-state index is -0.447. The van der Waals surface area contributed by atoms with Crippen molar-refractivity contribution in [1.82, 2.24) is 4.57 Å². The third-order valence-corrected chi connectivity index (χ3v) is 3.38. The molecule has 0 saturated heterocycles. The third kappa shape index (κ3) is 1.85. The fourth-order valence-corrected chi connectivity index (χ4v) is 2.47. The van der Waals surface area contributed by atoms with E-state index in [0.717, 1.165) is 0 Å². The zero-order valence-electron chi connectivity index (χ0n) is 10.4. The molecule has 0 aliphatic carbocycles. The van der Waals surface area contributed by atoms with Gasteiger partial charge in [-0.3, -0.25) is 4.79 Å². The SMILES string of the molecule is C=C=Cn1c2ccc(F)cc2c(=O)c2ccc(Cl)cc21. The monoisotopic (exact) mass is 285 g/mol. The lowest BCUT2D eigenvalue weighted by Gasteiger charge is -2.10. The summed E-state index contributed by atoms with van der Waals surface area (Å²) in [6.45, 7) is 3.55. The number of hydrogen-bond donors (Lipinski definition) is 0. The van der Waals surface area contributed by atoms with Crippen LogP contribution in [0, 0.1) is 5.82 Å². The molecule has 0 aliphatic rings. The molecule has 0 fully saturated rings. The first-order chi connectivity index (χ1) is 9.61. The van der Waals surface area contributed by atoms with Crippen molar-refractivity contribution in [1.29, 1.82) is 0 Å². The van der Waals surface area contributed by atoms with Crippen LogP contribution in [0.3, 0.4) is 0 Å². The fraction of sp³-hybridized carbons (Fsp3) is 0. The molecule has 0 N–H and O–H groups in total. The predicted octanol–water partition coefficient (Wildman–Crippen LogP) is 4.20. The summed E-state index contributed by atoms with van der Waals surface area (Å²) >= 11 is 5.99. The first-order valence-electron chi connectivity index (χ1n) is 5.91. The summed E-state index contributed by atoms with van der Waals surface area (Å²) in [5, 5.41) is 1.30. The number of pyridine rings is 1. The van der Waals surface area contributed by atoms with E-state index in [9.17, 15) is 9.18 Å². The van der Waals surface area contributed by atoms with Gasteiger partial charge in [0.05, 0.1) is 17.2 Å². The molecule has 3 aromatic rings. The van der Waals surface area contributed by atoms with E-state index in [1.54, 1.807) is 35.0 Å². The molecular weight excluding hydrogens is 277 g/mol. The summed E-state index contributed by atoms with van der Waals surface area (Å²) < 4.78 is 15.1. The minimum Gasteiger partial charge on any atom is -0.308 e. The molecule has 4 heteroatoms. The molecular formula is C16H9ClFNO. The average Bonchev–Trinajstić information content (AvgIpc) is 2.43. The summed E-state index contributed by atoms with van der Waals surface area (Å²) in [4.78, 5) is 12.4. The number of halogens is 2. The van der Waals surface area contributed by atoms with Crippen LogP contribution in [-0.4, -0.2) is 4.57 Å². The Labute approximate surface area is 119 Å². The predicted molar refractivity (Wildman–Crippen MR) is 80.6 cm³/mol. The summed E-state index contributed by atoms with van der Waals surface area (Å²) in [5.41, 5.74) is 3.67. The molecule has 2 nitrogen and oxygen atoms in total. The lowest BCUT2D eigenvalue weighted by atomic mass is 10.1. The van der Waals surface area contributed by atoms with Gasteiger partial charge in [-0.05, 0) is 36.4 Å². The van der Waals surface area contributed by atoms with E-state index < -0.39 is 5.82 Å². The second-order valence-corrected chi connectivity index (χ2v) is 4.79. The van der Waals surface area contributed by atoms with E-state index in [4.69, 9.17) is 11.6 Å². The highest BCUT2D eigenvalue weighted by Gasteiger charge is 2.10.